The molecule has 1 N–H and O–H groups in total. The predicted octanol–water partition coefficient (Wildman–Crippen LogP) is 4.79. The van der Waals surface area contributed by atoms with Crippen LogP contribution in [0.5, 0.6) is 0 Å². The zero-order valence-electron chi connectivity index (χ0n) is 13.0. The number of hydrogen-bond acceptors (Lipinski definition) is 2. The lowest BCUT2D eigenvalue weighted by Crippen LogP contribution is -2.23. The fraction of sp³-hybridized carbons (Fsp3) is 0.211. The van der Waals surface area contributed by atoms with E-state index in [0.717, 1.165) is 22.2 Å². The third-order valence-electron chi connectivity index (χ3n) is 3.34. The highest BCUT2D eigenvalue weighted by Crippen LogP contribution is 2.25. The molecule has 3 rings (SSSR count). The van der Waals surface area contributed by atoms with Crippen molar-refractivity contribution in [3.63, 3.8) is 0 Å². The lowest BCUT2D eigenvalue weighted by molar-refractivity contribution is 0.00697. The minimum atomic E-state index is -0.487. The van der Waals surface area contributed by atoms with E-state index in [0.29, 0.717) is 5.56 Å². The summed E-state index contributed by atoms with van der Waals surface area (Å²) in [6.45, 7) is 5.60. The van der Waals surface area contributed by atoms with Crippen LogP contribution < -0.4 is 0 Å². The quantitative estimate of drug-likeness (QED) is 0.690. The van der Waals surface area contributed by atoms with Crippen LogP contribution in [0.1, 0.15) is 31.1 Å². The molecule has 0 radical (unpaired) electrons. The van der Waals surface area contributed by atoms with Gasteiger partial charge in [-0.05, 0) is 50.6 Å². The third-order valence-corrected chi connectivity index (χ3v) is 3.34. The van der Waals surface area contributed by atoms with E-state index in [4.69, 9.17) is 4.74 Å². The zero-order chi connectivity index (χ0) is 15.7. The molecule has 22 heavy (non-hydrogen) atoms. The molecule has 0 saturated carbocycles. The number of carbonyl (C=O) groups excluding carboxylic acids is 1. The third kappa shape index (κ3) is 3.03. The second kappa shape index (κ2) is 5.34. The Kier molecular flexibility index (Phi) is 3.49. The van der Waals surface area contributed by atoms with E-state index < -0.39 is 5.60 Å². The SMILES string of the molecule is CC(C)(C)OC(=O)c1ccc2[nH]c(-c3ccccc3)cc2c1. The molecule has 3 nitrogen and oxygen atoms in total. The van der Waals surface area contributed by atoms with Crippen molar-refractivity contribution in [1.29, 1.82) is 0 Å². The predicted molar refractivity (Wildman–Crippen MR) is 88.9 cm³/mol. The Labute approximate surface area is 129 Å². The van der Waals surface area contributed by atoms with Gasteiger partial charge in [0.05, 0.1) is 5.56 Å². The van der Waals surface area contributed by atoms with E-state index in [2.05, 4.69) is 23.2 Å². The molecule has 1 heterocycles. The van der Waals surface area contributed by atoms with Crippen LogP contribution >= 0.6 is 0 Å². The molecule has 0 bridgehead atoms. The Morgan fingerprint density at radius 1 is 1.00 bits per heavy atom. The van der Waals surface area contributed by atoms with E-state index >= 15 is 0 Å². The molecule has 3 aromatic rings. The van der Waals surface area contributed by atoms with Gasteiger partial charge in [-0.2, -0.15) is 0 Å². The Bertz CT molecular complexity index is 810. The number of aromatic nitrogens is 1. The number of ether oxygens (including phenoxy) is 1. The summed E-state index contributed by atoms with van der Waals surface area (Å²) in [5, 5.41) is 1.00. The van der Waals surface area contributed by atoms with E-state index in [1.54, 1.807) is 6.07 Å². The van der Waals surface area contributed by atoms with Gasteiger partial charge in [0, 0.05) is 16.6 Å². The number of hydrogen-bond donors (Lipinski definition) is 1. The van der Waals surface area contributed by atoms with Crippen LogP contribution in [0.3, 0.4) is 0 Å². The number of rotatable bonds is 2. The monoisotopic (exact) mass is 293 g/mol. The Balaban J connectivity index is 1.96. The average Bonchev–Trinajstić information content (AvgIpc) is 2.89. The number of H-pyrrole nitrogens is 1. The molecule has 3 heteroatoms. The first-order valence-electron chi connectivity index (χ1n) is 7.34. The van der Waals surface area contributed by atoms with Crippen molar-refractivity contribution in [3.05, 3.63) is 60.2 Å². The van der Waals surface area contributed by atoms with Crippen LogP contribution in [0, 0.1) is 0 Å². The molecule has 0 amide bonds. The molecule has 0 aliphatic rings. The van der Waals surface area contributed by atoms with Gasteiger partial charge in [0.15, 0.2) is 0 Å². The first kappa shape index (κ1) is 14.4. The summed E-state index contributed by atoms with van der Waals surface area (Å²) < 4.78 is 5.41. The Hall–Kier alpha value is -2.55. The van der Waals surface area contributed by atoms with Crippen LogP contribution in [-0.4, -0.2) is 16.6 Å². The average molecular weight is 293 g/mol. The molecule has 1 aromatic heterocycles. The number of fused-ring (bicyclic) bond motifs is 1. The van der Waals surface area contributed by atoms with Gasteiger partial charge in [0.25, 0.3) is 0 Å². The number of aromatic amines is 1. The summed E-state index contributed by atoms with van der Waals surface area (Å²) >= 11 is 0. The molecule has 112 valence electrons. The summed E-state index contributed by atoms with van der Waals surface area (Å²) in [6.07, 6.45) is 0. The van der Waals surface area contributed by atoms with E-state index in [1.165, 1.54) is 0 Å². The highest BCUT2D eigenvalue weighted by atomic mass is 16.6. The van der Waals surface area contributed by atoms with Crippen molar-refractivity contribution in [3.8, 4) is 11.3 Å². The van der Waals surface area contributed by atoms with Crippen LogP contribution in [0.25, 0.3) is 22.2 Å². The summed E-state index contributed by atoms with van der Waals surface area (Å²) in [6, 6.07) is 17.7. The highest BCUT2D eigenvalue weighted by Gasteiger charge is 2.18. The number of nitrogens with one attached hydrogen (secondary N) is 1. The van der Waals surface area contributed by atoms with Gasteiger partial charge in [0.2, 0.25) is 0 Å². The highest BCUT2D eigenvalue weighted by molar-refractivity contribution is 5.96. The topological polar surface area (TPSA) is 42.1 Å². The molecule has 0 aliphatic heterocycles. The molecule has 0 saturated heterocycles. The zero-order valence-corrected chi connectivity index (χ0v) is 13.0. The molecule has 2 aromatic carbocycles. The van der Waals surface area contributed by atoms with Crippen LogP contribution in [0.2, 0.25) is 0 Å². The van der Waals surface area contributed by atoms with E-state index in [-0.39, 0.29) is 5.97 Å². The fourth-order valence-corrected chi connectivity index (χ4v) is 2.37. The molecule has 0 unspecified atom stereocenters. The lowest BCUT2D eigenvalue weighted by Gasteiger charge is -2.19. The molecule has 0 spiro atoms. The van der Waals surface area contributed by atoms with E-state index in [9.17, 15) is 4.79 Å². The van der Waals surface area contributed by atoms with Crippen LogP contribution in [0.15, 0.2) is 54.6 Å². The first-order valence-corrected chi connectivity index (χ1v) is 7.34. The standard InChI is InChI=1S/C19H19NO2/c1-19(2,3)22-18(21)14-9-10-16-15(11-14)12-17(20-16)13-7-5-4-6-8-13/h4-12,20H,1-3H3. The van der Waals surface area contributed by atoms with Gasteiger partial charge in [-0.15, -0.1) is 0 Å². The maximum absolute atomic E-state index is 12.1. The fourth-order valence-electron chi connectivity index (χ4n) is 2.37. The number of esters is 1. The normalized spacial score (nSPS) is 11.6. The Morgan fingerprint density at radius 3 is 2.41 bits per heavy atom. The van der Waals surface area contributed by atoms with Crippen molar-refractivity contribution < 1.29 is 9.53 Å². The summed E-state index contributed by atoms with van der Waals surface area (Å²) in [5.41, 5.74) is 3.25. The van der Waals surface area contributed by atoms with Gasteiger partial charge in [-0.3, -0.25) is 0 Å². The van der Waals surface area contributed by atoms with Gasteiger partial charge in [-0.25, -0.2) is 4.79 Å². The minimum absolute atomic E-state index is 0.295. The van der Waals surface area contributed by atoms with Crippen molar-refractivity contribution in [1.82, 2.24) is 4.98 Å². The maximum atomic E-state index is 12.1. The second-order valence-electron chi connectivity index (χ2n) is 6.35. The minimum Gasteiger partial charge on any atom is -0.456 e. The van der Waals surface area contributed by atoms with Gasteiger partial charge in [0.1, 0.15) is 5.60 Å². The van der Waals surface area contributed by atoms with Crippen LogP contribution in [0.4, 0.5) is 0 Å². The second-order valence-corrected chi connectivity index (χ2v) is 6.35. The van der Waals surface area contributed by atoms with E-state index in [1.807, 2.05) is 51.1 Å². The van der Waals surface area contributed by atoms with Crippen molar-refractivity contribution in [2.75, 3.05) is 0 Å². The first-order chi connectivity index (χ1) is 10.4. The number of benzene rings is 2. The molecule has 0 fully saturated rings. The summed E-state index contributed by atoms with van der Waals surface area (Å²) in [4.78, 5) is 15.5. The van der Waals surface area contributed by atoms with Crippen molar-refractivity contribution in [2.45, 2.75) is 26.4 Å². The largest absolute Gasteiger partial charge is 0.456 e. The maximum Gasteiger partial charge on any atom is 0.338 e. The number of carbonyl (C=O) groups is 1. The van der Waals surface area contributed by atoms with Gasteiger partial charge < -0.3 is 9.72 Å². The molecular weight excluding hydrogens is 274 g/mol. The van der Waals surface area contributed by atoms with Gasteiger partial charge in [-0.1, -0.05) is 30.3 Å². The molecule has 0 atom stereocenters. The van der Waals surface area contributed by atoms with Crippen LogP contribution in [-0.2, 0) is 4.74 Å². The molecule has 0 aliphatic carbocycles. The summed E-state index contributed by atoms with van der Waals surface area (Å²) in [7, 11) is 0. The van der Waals surface area contributed by atoms with Crippen molar-refractivity contribution in [2.24, 2.45) is 0 Å². The van der Waals surface area contributed by atoms with Crippen molar-refractivity contribution >= 4 is 16.9 Å². The summed E-state index contributed by atoms with van der Waals surface area (Å²) in [5.74, 6) is -0.295. The molecular formula is C19H19NO2. The lowest BCUT2D eigenvalue weighted by atomic mass is 10.1. The Morgan fingerprint density at radius 2 is 1.73 bits per heavy atom. The van der Waals surface area contributed by atoms with Gasteiger partial charge >= 0.3 is 5.97 Å². The smallest absolute Gasteiger partial charge is 0.338 e.